The van der Waals surface area contributed by atoms with Crippen molar-refractivity contribution in [1.82, 2.24) is 5.32 Å². The Bertz CT molecular complexity index is 378. The van der Waals surface area contributed by atoms with Crippen LogP contribution in [0, 0.1) is 5.82 Å². The third-order valence-electron chi connectivity index (χ3n) is 2.41. The van der Waals surface area contributed by atoms with Crippen molar-refractivity contribution < 1.29 is 19.1 Å². The van der Waals surface area contributed by atoms with Crippen molar-refractivity contribution in [2.45, 2.75) is 25.3 Å². The first-order valence-corrected chi connectivity index (χ1v) is 5.27. The van der Waals surface area contributed by atoms with Gasteiger partial charge < -0.3 is 10.4 Å². The fraction of sp³-hybridized carbons (Fsp3) is 0.333. The normalized spacial score (nSPS) is 11.8. The van der Waals surface area contributed by atoms with Crippen molar-refractivity contribution in [1.29, 1.82) is 0 Å². The summed E-state index contributed by atoms with van der Waals surface area (Å²) in [4.78, 5) is 20.8. The molecule has 5 heteroatoms. The predicted octanol–water partition coefficient (Wildman–Crippen LogP) is 1.35. The van der Waals surface area contributed by atoms with E-state index in [4.69, 9.17) is 5.11 Å². The topological polar surface area (TPSA) is 66.4 Å². The molecule has 17 heavy (non-hydrogen) atoms. The molecule has 0 aromatic heterocycles. The molecule has 0 saturated heterocycles. The van der Waals surface area contributed by atoms with Gasteiger partial charge in [-0.25, -0.2) is 4.39 Å². The minimum atomic E-state index is -0.901. The number of aliphatic carboxylic acids is 1. The highest BCUT2D eigenvalue weighted by atomic mass is 19.1. The summed E-state index contributed by atoms with van der Waals surface area (Å²) in [6, 6.07) is 5.68. The summed E-state index contributed by atoms with van der Waals surface area (Å²) in [6.45, 7) is 0. The lowest BCUT2D eigenvalue weighted by Gasteiger charge is -2.14. The van der Waals surface area contributed by atoms with Crippen LogP contribution in [-0.2, 0) is 16.0 Å². The Morgan fingerprint density at radius 3 is 2.59 bits per heavy atom. The standard InChI is InChI=1S/C12H14FNO3/c13-10-3-1-9(2-4-10)7-11(14-8-15)5-6-12(16)17/h1-4,8,11H,5-7H2,(H,14,15)(H,16,17). The molecule has 0 radical (unpaired) electrons. The molecule has 92 valence electrons. The number of hydrogen-bond donors (Lipinski definition) is 2. The summed E-state index contributed by atoms with van der Waals surface area (Å²) in [5.41, 5.74) is 0.858. The Labute approximate surface area is 98.5 Å². The van der Waals surface area contributed by atoms with Crippen molar-refractivity contribution >= 4 is 12.4 Å². The second-order valence-electron chi connectivity index (χ2n) is 3.74. The zero-order chi connectivity index (χ0) is 12.7. The molecular weight excluding hydrogens is 225 g/mol. The first-order chi connectivity index (χ1) is 8.11. The Kier molecular flexibility index (Phi) is 5.13. The van der Waals surface area contributed by atoms with Crippen LogP contribution in [0.25, 0.3) is 0 Å². The predicted molar refractivity (Wildman–Crippen MR) is 60.0 cm³/mol. The molecule has 2 N–H and O–H groups in total. The number of rotatable bonds is 7. The number of carbonyl (C=O) groups excluding carboxylic acids is 1. The van der Waals surface area contributed by atoms with Gasteiger partial charge >= 0.3 is 5.97 Å². The Balaban J connectivity index is 2.56. The summed E-state index contributed by atoms with van der Waals surface area (Å²) in [7, 11) is 0. The average molecular weight is 239 g/mol. The largest absolute Gasteiger partial charge is 0.481 e. The van der Waals surface area contributed by atoms with Crippen LogP contribution in [0.2, 0.25) is 0 Å². The third kappa shape index (κ3) is 5.10. The number of nitrogens with one attached hydrogen (secondary N) is 1. The molecule has 0 fully saturated rings. The minimum Gasteiger partial charge on any atom is -0.481 e. The summed E-state index contributed by atoms with van der Waals surface area (Å²) in [5.74, 6) is -1.22. The first kappa shape index (κ1) is 13.2. The van der Waals surface area contributed by atoms with Crippen LogP contribution in [-0.4, -0.2) is 23.5 Å². The Morgan fingerprint density at radius 2 is 2.06 bits per heavy atom. The van der Waals surface area contributed by atoms with E-state index >= 15 is 0 Å². The minimum absolute atomic E-state index is 0.00724. The monoisotopic (exact) mass is 239 g/mol. The van der Waals surface area contributed by atoms with Gasteiger partial charge in [0.25, 0.3) is 0 Å². The lowest BCUT2D eigenvalue weighted by molar-refractivity contribution is -0.137. The highest BCUT2D eigenvalue weighted by Gasteiger charge is 2.10. The van der Waals surface area contributed by atoms with Crippen molar-refractivity contribution in [3.63, 3.8) is 0 Å². The van der Waals surface area contributed by atoms with Crippen LogP contribution >= 0.6 is 0 Å². The fourth-order valence-electron chi connectivity index (χ4n) is 1.54. The molecule has 1 amide bonds. The lowest BCUT2D eigenvalue weighted by Crippen LogP contribution is -2.30. The van der Waals surface area contributed by atoms with Gasteiger partial charge in [-0.05, 0) is 30.5 Å². The maximum atomic E-state index is 12.7. The second-order valence-corrected chi connectivity index (χ2v) is 3.74. The van der Waals surface area contributed by atoms with Crippen LogP contribution in [0.4, 0.5) is 4.39 Å². The van der Waals surface area contributed by atoms with Crippen LogP contribution in [0.3, 0.4) is 0 Å². The fourth-order valence-corrected chi connectivity index (χ4v) is 1.54. The number of carboxylic acid groups (broad SMARTS) is 1. The highest BCUT2D eigenvalue weighted by molar-refractivity contribution is 5.66. The average Bonchev–Trinajstić information content (AvgIpc) is 2.29. The molecular formula is C12H14FNO3. The number of halogens is 1. The number of benzene rings is 1. The Hall–Kier alpha value is -1.91. The van der Waals surface area contributed by atoms with Gasteiger partial charge in [0.05, 0.1) is 0 Å². The number of hydrogen-bond acceptors (Lipinski definition) is 2. The van der Waals surface area contributed by atoms with Gasteiger partial charge in [-0.3, -0.25) is 9.59 Å². The van der Waals surface area contributed by atoms with Gasteiger partial charge in [0.2, 0.25) is 6.41 Å². The summed E-state index contributed by atoms with van der Waals surface area (Å²) >= 11 is 0. The number of carbonyl (C=O) groups is 2. The summed E-state index contributed by atoms with van der Waals surface area (Å²) in [5, 5.41) is 11.1. The lowest BCUT2D eigenvalue weighted by atomic mass is 10.0. The second kappa shape index (κ2) is 6.62. The summed E-state index contributed by atoms with van der Waals surface area (Å²) < 4.78 is 12.7. The van der Waals surface area contributed by atoms with Crippen LogP contribution in [0.5, 0.6) is 0 Å². The molecule has 4 nitrogen and oxygen atoms in total. The maximum Gasteiger partial charge on any atom is 0.303 e. The van der Waals surface area contributed by atoms with Crippen LogP contribution in [0.1, 0.15) is 18.4 Å². The van der Waals surface area contributed by atoms with Crippen molar-refractivity contribution in [2.24, 2.45) is 0 Å². The van der Waals surface area contributed by atoms with E-state index in [2.05, 4.69) is 5.32 Å². The van der Waals surface area contributed by atoms with Crippen LogP contribution < -0.4 is 5.32 Å². The van der Waals surface area contributed by atoms with Crippen molar-refractivity contribution in [3.8, 4) is 0 Å². The van der Waals surface area contributed by atoms with E-state index in [1.54, 1.807) is 12.1 Å². The van der Waals surface area contributed by atoms with Crippen molar-refractivity contribution in [3.05, 3.63) is 35.6 Å². The molecule has 0 aliphatic carbocycles. The number of amides is 1. The molecule has 0 aliphatic heterocycles. The van der Waals surface area contributed by atoms with Gasteiger partial charge in [0.1, 0.15) is 5.82 Å². The molecule has 0 spiro atoms. The molecule has 1 rings (SSSR count). The molecule has 1 atom stereocenters. The van der Waals surface area contributed by atoms with Gasteiger partial charge in [-0.15, -0.1) is 0 Å². The van der Waals surface area contributed by atoms with Gasteiger partial charge in [-0.1, -0.05) is 12.1 Å². The van der Waals surface area contributed by atoms with E-state index in [-0.39, 0.29) is 18.3 Å². The first-order valence-electron chi connectivity index (χ1n) is 5.27. The smallest absolute Gasteiger partial charge is 0.303 e. The van der Waals surface area contributed by atoms with Crippen molar-refractivity contribution in [2.75, 3.05) is 0 Å². The Morgan fingerprint density at radius 1 is 1.41 bits per heavy atom. The highest BCUT2D eigenvalue weighted by Crippen LogP contribution is 2.09. The van der Waals surface area contributed by atoms with E-state index in [1.807, 2.05) is 0 Å². The molecule has 1 aromatic rings. The quantitative estimate of drug-likeness (QED) is 0.706. The molecule has 1 unspecified atom stereocenters. The van der Waals surface area contributed by atoms with Gasteiger partial charge in [-0.2, -0.15) is 0 Å². The molecule has 0 saturated carbocycles. The summed E-state index contributed by atoms with van der Waals surface area (Å²) in [6.07, 6.45) is 1.39. The van der Waals surface area contributed by atoms with E-state index < -0.39 is 5.97 Å². The molecule has 0 heterocycles. The zero-order valence-electron chi connectivity index (χ0n) is 9.23. The molecule has 1 aromatic carbocycles. The maximum absolute atomic E-state index is 12.7. The van der Waals surface area contributed by atoms with E-state index in [0.29, 0.717) is 19.3 Å². The zero-order valence-corrected chi connectivity index (χ0v) is 9.23. The van der Waals surface area contributed by atoms with Gasteiger partial charge in [0, 0.05) is 12.5 Å². The molecule has 0 bridgehead atoms. The molecule has 0 aliphatic rings. The number of carboxylic acids is 1. The van der Waals surface area contributed by atoms with E-state index in [0.717, 1.165) is 5.56 Å². The van der Waals surface area contributed by atoms with Gasteiger partial charge in [0.15, 0.2) is 0 Å². The van der Waals surface area contributed by atoms with Crippen LogP contribution in [0.15, 0.2) is 24.3 Å². The SMILES string of the molecule is O=CNC(CCC(=O)O)Cc1ccc(F)cc1. The van der Waals surface area contributed by atoms with E-state index in [1.165, 1.54) is 12.1 Å². The van der Waals surface area contributed by atoms with E-state index in [9.17, 15) is 14.0 Å². The third-order valence-corrected chi connectivity index (χ3v) is 2.41.